The van der Waals surface area contributed by atoms with E-state index in [9.17, 15) is 4.79 Å². The molecule has 0 fully saturated rings. The van der Waals surface area contributed by atoms with Gasteiger partial charge in [-0.1, -0.05) is 23.8 Å². The minimum Gasteiger partial charge on any atom is -0.340 e. The van der Waals surface area contributed by atoms with Crippen LogP contribution in [-0.4, -0.2) is 15.9 Å². The summed E-state index contributed by atoms with van der Waals surface area (Å²) in [7, 11) is 0. The molecular formula is C21H23N5O. The van der Waals surface area contributed by atoms with Crippen LogP contribution in [0.25, 0.3) is 0 Å². The van der Waals surface area contributed by atoms with Crippen molar-refractivity contribution in [2.45, 2.75) is 27.7 Å². The molecule has 1 aromatic heterocycles. The van der Waals surface area contributed by atoms with E-state index in [0.29, 0.717) is 11.6 Å². The van der Waals surface area contributed by atoms with E-state index in [0.717, 1.165) is 28.4 Å². The van der Waals surface area contributed by atoms with E-state index >= 15 is 0 Å². The second kappa shape index (κ2) is 7.86. The van der Waals surface area contributed by atoms with Crippen LogP contribution in [0, 0.1) is 20.8 Å². The number of nitrogens with one attached hydrogen (secondary N) is 3. The topological polar surface area (TPSA) is 78.9 Å². The number of nitrogens with zero attached hydrogens (tertiary/aromatic N) is 2. The Balaban J connectivity index is 1.82. The molecule has 2 aromatic carbocycles. The number of amides is 1. The summed E-state index contributed by atoms with van der Waals surface area (Å²) in [5.74, 6) is 1.94. The number of carbonyl (C=O) groups is 1. The van der Waals surface area contributed by atoms with E-state index < -0.39 is 0 Å². The first kappa shape index (κ1) is 18.4. The van der Waals surface area contributed by atoms with Crippen molar-refractivity contribution in [3.63, 3.8) is 0 Å². The largest absolute Gasteiger partial charge is 0.340 e. The fourth-order valence-electron chi connectivity index (χ4n) is 2.81. The van der Waals surface area contributed by atoms with Crippen LogP contribution >= 0.6 is 0 Å². The zero-order valence-electron chi connectivity index (χ0n) is 15.9. The molecule has 1 heterocycles. The first-order valence-corrected chi connectivity index (χ1v) is 8.74. The first-order chi connectivity index (χ1) is 12.9. The lowest BCUT2D eigenvalue weighted by Crippen LogP contribution is -2.06. The van der Waals surface area contributed by atoms with Gasteiger partial charge in [-0.15, -0.1) is 0 Å². The second-order valence-electron chi connectivity index (χ2n) is 6.52. The van der Waals surface area contributed by atoms with E-state index in [4.69, 9.17) is 0 Å². The smallest absolute Gasteiger partial charge is 0.221 e. The molecular weight excluding hydrogens is 338 g/mol. The van der Waals surface area contributed by atoms with Crippen LogP contribution in [0.4, 0.5) is 28.7 Å². The van der Waals surface area contributed by atoms with Crippen LogP contribution in [0.3, 0.4) is 0 Å². The van der Waals surface area contributed by atoms with Crippen LogP contribution in [0.1, 0.15) is 23.9 Å². The summed E-state index contributed by atoms with van der Waals surface area (Å²) in [5.41, 5.74) is 4.95. The normalized spacial score (nSPS) is 10.4. The lowest BCUT2D eigenvalue weighted by atomic mass is 10.1. The fraction of sp³-hybridized carbons (Fsp3) is 0.190. The van der Waals surface area contributed by atoms with E-state index in [1.807, 2.05) is 43.3 Å². The average Bonchev–Trinajstić information content (AvgIpc) is 2.56. The molecule has 0 bridgehead atoms. The molecule has 0 spiro atoms. The number of benzene rings is 2. The molecule has 0 aliphatic heterocycles. The van der Waals surface area contributed by atoms with Crippen LogP contribution in [0.5, 0.6) is 0 Å². The van der Waals surface area contributed by atoms with Gasteiger partial charge in [-0.05, 0) is 50.6 Å². The Labute approximate surface area is 159 Å². The van der Waals surface area contributed by atoms with Crippen molar-refractivity contribution in [1.29, 1.82) is 0 Å². The second-order valence-corrected chi connectivity index (χ2v) is 6.52. The van der Waals surface area contributed by atoms with Crippen LogP contribution in [0.2, 0.25) is 0 Å². The molecule has 0 radical (unpaired) electrons. The van der Waals surface area contributed by atoms with Crippen LogP contribution in [-0.2, 0) is 4.79 Å². The highest BCUT2D eigenvalue weighted by Crippen LogP contribution is 2.24. The minimum atomic E-state index is -0.106. The van der Waals surface area contributed by atoms with E-state index in [1.165, 1.54) is 12.5 Å². The number of anilines is 5. The summed E-state index contributed by atoms with van der Waals surface area (Å²) in [5, 5.41) is 9.39. The molecule has 3 N–H and O–H groups in total. The highest BCUT2D eigenvalue weighted by atomic mass is 16.1. The van der Waals surface area contributed by atoms with E-state index in [1.54, 1.807) is 0 Å². The van der Waals surface area contributed by atoms with Crippen molar-refractivity contribution >= 4 is 34.6 Å². The van der Waals surface area contributed by atoms with E-state index in [2.05, 4.69) is 51.9 Å². The van der Waals surface area contributed by atoms with Crippen molar-refractivity contribution < 1.29 is 4.79 Å². The van der Waals surface area contributed by atoms with Crippen LogP contribution in [0.15, 0.2) is 48.5 Å². The standard InChI is InChI=1S/C21H23N5O/c1-13-8-9-19(14(2)10-13)26-21-12-20(22-15(3)23-21)25-18-7-5-6-17(11-18)24-16(4)27/h5-12H,1-4H3,(H,24,27)(H2,22,23,25,26). The van der Waals surface area contributed by atoms with Crippen molar-refractivity contribution in [3.05, 3.63) is 65.5 Å². The molecule has 0 aliphatic carbocycles. The Bertz CT molecular complexity index is 984. The minimum absolute atomic E-state index is 0.106. The molecule has 138 valence electrons. The average molecular weight is 361 g/mol. The summed E-state index contributed by atoms with van der Waals surface area (Å²) in [6, 6.07) is 15.6. The molecule has 3 rings (SSSR count). The van der Waals surface area contributed by atoms with Crippen LogP contribution < -0.4 is 16.0 Å². The quantitative estimate of drug-likeness (QED) is 0.605. The molecule has 27 heavy (non-hydrogen) atoms. The Morgan fingerprint density at radius 1 is 0.852 bits per heavy atom. The van der Waals surface area contributed by atoms with Gasteiger partial charge in [-0.25, -0.2) is 9.97 Å². The van der Waals surface area contributed by atoms with Crippen molar-refractivity contribution in [2.24, 2.45) is 0 Å². The maximum atomic E-state index is 11.2. The number of rotatable bonds is 5. The third-order valence-electron chi connectivity index (χ3n) is 3.94. The molecule has 0 atom stereocenters. The molecule has 6 heteroatoms. The number of carbonyl (C=O) groups excluding carboxylic acids is 1. The van der Waals surface area contributed by atoms with Crippen molar-refractivity contribution in [2.75, 3.05) is 16.0 Å². The van der Waals surface area contributed by atoms with Gasteiger partial charge in [0.15, 0.2) is 0 Å². The zero-order valence-corrected chi connectivity index (χ0v) is 15.9. The van der Waals surface area contributed by atoms with Gasteiger partial charge in [0.1, 0.15) is 17.5 Å². The maximum absolute atomic E-state index is 11.2. The molecule has 1 amide bonds. The third kappa shape index (κ3) is 5.04. The maximum Gasteiger partial charge on any atom is 0.221 e. The number of aryl methyl sites for hydroxylation is 3. The van der Waals surface area contributed by atoms with Gasteiger partial charge in [-0.3, -0.25) is 4.79 Å². The SMILES string of the molecule is CC(=O)Nc1cccc(Nc2cc(Nc3ccc(C)cc3C)nc(C)n2)c1. The van der Waals surface area contributed by atoms with Crippen molar-refractivity contribution in [1.82, 2.24) is 9.97 Å². The predicted octanol–water partition coefficient (Wildman–Crippen LogP) is 4.85. The van der Waals surface area contributed by atoms with Crippen molar-refractivity contribution in [3.8, 4) is 0 Å². The van der Waals surface area contributed by atoms with Gasteiger partial charge in [-0.2, -0.15) is 0 Å². The predicted molar refractivity (Wildman–Crippen MR) is 110 cm³/mol. The van der Waals surface area contributed by atoms with Gasteiger partial charge in [0.05, 0.1) is 0 Å². The molecule has 0 saturated heterocycles. The van der Waals surface area contributed by atoms with Gasteiger partial charge in [0.2, 0.25) is 5.91 Å². The summed E-state index contributed by atoms with van der Waals surface area (Å²) >= 11 is 0. The molecule has 0 saturated carbocycles. The fourth-order valence-corrected chi connectivity index (χ4v) is 2.81. The molecule has 0 unspecified atom stereocenters. The van der Waals surface area contributed by atoms with E-state index in [-0.39, 0.29) is 5.91 Å². The van der Waals surface area contributed by atoms with Gasteiger partial charge in [0.25, 0.3) is 0 Å². The molecule has 3 aromatic rings. The Morgan fingerprint density at radius 3 is 2.26 bits per heavy atom. The summed E-state index contributed by atoms with van der Waals surface area (Å²) < 4.78 is 0. The zero-order chi connectivity index (χ0) is 19.4. The highest BCUT2D eigenvalue weighted by molar-refractivity contribution is 5.89. The molecule has 6 nitrogen and oxygen atoms in total. The summed E-state index contributed by atoms with van der Waals surface area (Å²) in [4.78, 5) is 20.2. The summed E-state index contributed by atoms with van der Waals surface area (Å²) in [6.07, 6.45) is 0. The lowest BCUT2D eigenvalue weighted by molar-refractivity contribution is -0.114. The van der Waals surface area contributed by atoms with Gasteiger partial charge < -0.3 is 16.0 Å². The Morgan fingerprint density at radius 2 is 1.56 bits per heavy atom. The number of hydrogen-bond donors (Lipinski definition) is 3. The summed E-state index contributed by atoms with van der Waals surface area (Å²) in [6.45, 7) is 7.48. The third-order valence-corrected chi connectivity index (χ3v) is 3.94. The highest BCUT2D eigenvalue weighted by Gasteiger charge is 2.06. The Kier molecular flexibility index (Phi) is 5.35. The van der Waals surface area contributed by atoms with Gasteiger partial charge >= 0.3 is 0 Å². The number of hydrogen-bond acceptors (Lipinski definition) is 5. The monoisotopic (exact) mass is 361 g/mol. The lowest BCUT2D eigenvalue weighted by Gasteiger charge is -2.13. The Hall–Kier alpha value is -3.41. The first-order valence-electron chi connectivity index (χ1n) is 8.74. The van der Waals surface area contributed by atoms with Gasteiger partial charge in [0, 0.05) is 30.1 Å². The molecule has 0 aliphatic rings. The number of aromatic nitrogens is 2.